The Bertz CT molecular complexity index is 762. The lowest BCUT2D eigenvalue weighted by Gasteiger charge is -2.30. The number of nitrogens with two attached hydrogens (primary N) is 3. The molecule has 0 spiro atoms. The summed E-state index contributed by atoms with van der Waals surface area (Å²) in [6.45, 7) is 4.34. The van der Waals surface area contributed by atoms with Crippen molar-refractivity contribution in [1.29, 1.82) is 0 Å². The number of nitrogens with zero attached hydrogens (tertiary/aromatic N) is 2. The van der Waals surface area contributed by atoms with Crippen LogP contribution in [-0.4, -0.2) is 88.9 Å². The van der Waals surface area contributed by atoms with Crippen molar-refractivity contribution in [2.24, 2.45) is 28.1 Å². The predicted molar refractivity (Wildman–Crippen MR) is 137 cm³/mol. The van der Waals surface area contributed by atoms with Gasteiger partial charge in [0.2, 0.25) is 17.7 Å². The fourth-order valence-corrected chi connectivity index (χ4v) is 4.35. The van der Waals surface area contributed by atoms with E-state index in [1.807, 2.05) is 13.2 Å². The Labute approximate surface area is 211 Å². The van der Waals surface area contributed by atoms with E-state index in [0.29, 0.717) is 38.6 Å². The maximum absolute atomic E-state index is 13.1. The Balaban J connectivity index is 2.87. The second-order valence-electron chi connectivity index (χ2n) is 8.80. The van der Waals surface area contributed by atoms with Gasteiger partial charge in [0, 0.05) is 13.1 Å². The Morgan fingerprint density at radius 2 is 1.89 bits per heavy atom. The first-order valence-electron chi connectivity index (χ1n) is 12.0. The van der Waals surface area contributed by atoms with Gasteiger partial charge in [-0.25, -0.2) is 4.79 Å². The zero-order valence-electron chi connectivity index (χ0n) is 20.9. The summed E-state index contributed by atoms with van der Waals surface area (Å²) in [6.07, 6.45) is 4.64. The monoisotopic (exact) mass is 515 g/mol. The van der Waals surface area contributed by atoms with E-state index in [-0.39, 0.29) is 30.8 Å². The SMILES string of the molecule is CCC(C)C(NC(=O)C1CCCN1C(=O)C(N)CCSC)C(=O)NC(CCCN=C(N)N)C(=O)O. The van der Waals surface area contributed by atoms with E-state index in [4.69, 9.17) is 17.2 Å². The van der Waals surface area contributed by atoms with E-state index in [2.05, 4.69) is 15.6 Å². The van der Waals surface area contributed by atoms with E-state index >= 15 is 0 Å². The first-order valence-corrected chi connectivity index (χ1v) is 13.4. The van der Waals surface area contributed by atoms with Gasteiger partial charge in [-0.2, -0.15) is 11.8 Å². The van der Waals surface area contributed by atoms with E-state index < -0.39 is 42.0 Å². The minimum absolute atomic E-state index is 0.0925. The van der Waals surface area contributed by atoms with Crippen LogP contribution in [0.1, 0.15) is 52.4 Å². The van der Waals surface area contributed by atoms with Crippen LogP contribution >= 0.6 is 11.8 Å². The summed E-state index contributed by atoms with van der Waals surface area (Å²) >= 11 is 1.59. The summed E-state index contributed by atoms with van der Waals surface area (Å²) in [5, 5.41) is 14.8. The minimum atomic E-state index is -1.19. The first-order chi connectivity index (χ1) is 16.5. The lowest BCUT2D eigenvalue weighted by Crippen LogP contribution is -2.58. The molecule has 0 saturated carbocycles. The number of nitrogens with one attached hydrogen (secondary N) is 2. The molecule has 1 rings (SSSR count). The van der Waals surface area contributed by atoms with Gasteiger partial charge >= 0.3 is 5.97 Å². The highest BCUT2D eigenvalue weighted by Crippen LogP contribution is 2.20. The molecule has 5 atom stereocenters. The highest BCUT2D eigenvalue weighted by Gasteiger charge is 2.38. The molecule has 0 aromatic heterocycles. The number of likely N-dealkylation sites (tertiary alicyclic amines) is 1. The second kappa shape index (κ2) is 15.5. The number of guanidine groups is 1. The molecular weight excluding hydrogens is 474 g/mol. The van der Waals surface area contributed by atoms with Crippen LogP contribution in [0.4, 0.5) is 0 Å². The molecule has 1 saturated heterocycles. The van der Waals surface area contributed by atoms with Crippen molar-refractivity contribution in [3.05, 3.63) is 0 Å². The summed E-state index contributed by atoms with van der Waals surface area (Å²) in [7, 11) is 0. The molecule has 9 N–H and O–H groups in total. The summed E-state index contributed by atoms with van der Waals surface area (Å²) in [4.78, 5) is 56.0. The van der Waals surface area contributed by atoms with Crippen molar-refractivity contribution in [3.8, 4) is 0 Å². The Morgan fingerprint density at radius 3 is 2.46 bits per heavy atom. The van der Waals surface area contributed by atoms with Gasteiger partial charge in [-0.3, -0.25) is 19.4 Å². The standard InChI is InChI=1S/C22H41N7O5S/c1-4-13(2)17(19(31)27-15(21(33)34)7-5-10-26-22(24)25)28-18(30)16-8-6-11-29(16)20(32)14(23)9-12-35-3/h13-17H,4-12,23H2,1-3H3,(H,27,31)(H,28,30)(H,33,34)(H4,24,25,26). The number of rotatable bonds is 15. The molecule has 0 aromatic carbocycles. The molecule has 12 nitrogen and oxygen atoms in total. The molecule has 0 aromatic rings. The molecule has 5 unspecified atom stereocenters. The number of aliphatic carboxylic acids is 1. The topological polar surface area (TPSA) is 206 Å². The van der Waals surface area contributed by atoms with Gasteiger partial charge in [-0.05, 0) is 50.0 Å². The maximum Gasteiger partial charge on any atom is 0.326 e. The summed E-state index contributed by atoms with van der Waals surface area (Å²) in [5.74, 6) is -2.10. The minimum Gasteiger partial charge on any atom is -0.480 e. The van der Waals surface area contributed by atoms with Gasteiger partial charge < -0.3 is 37.8 Å². The lowest BCUT2D eigenvalue weighted by atomic mass is 9.97. The highest BCUT2D eigenvalue weighted by atomic mass is 32.2. The zero-order valence-corrected chi connectivity index (χ0v) is 21.7. The average molecular weight is 516 g/mol. The van der Waals surface area contributed by atoms with Crippen molar-refractivity contribution in [2.45, 2.75) is 76.5 Å². The van der Waals surface area contributed by atoms with Crippen LogP contribution in [0.15, 0.2) is 4.99 Å². The van der Waals surface area contributed by atoms with Crippen LogP contribution in [0.2, 0.25) is 0 Å². The number of carboxylic acids is 1. The van der Waals surface area contributed by atoms with Crippen LogP contribution in [0.3, 0.4) is 0 Å². The Morgan fingerprint density at radius 1 is 1.20 bits per heavy atom. The highest BCUT2D eigenvalue weighted by molar-refractivity contribution is 7.98. The van der Waals surface area contributed by atoms with Crippen LogP contribution in [0, 0.1) is 5.92 Å². The van der Waals surface area contributed by atoms with Gasteiger partial charge in [0.25, 0.3) is 0 Å². The van der Waals surface area contributed by atoms with Gasteiger partial charge in [-0.1, -0.05) is 20.3 Å². The van der Waals surface area contributed by atoms with Crippen molar-refractivity contribution < 1.29 is 24.3 Å². The number of carbonyl (C=O) groups excluding carboxylic acids is 3. The number of aliphatic imine (C=N–C) groups is 1. The van der Waals surface area contributed by atoms with Crippen molar-refractivity contribution in [2.75, 3.05) is 25.1 Å². The quantitative estimate of drug-likeness (QED) is 0.0916. The second-order valence-corrected chi connectivity index (χ2v) is 9.78. The largest absolute Gasteiger partial charge is 0.480 e. The third-order valence-electron chi connectivity index (χ3n) is 6.14. The molecule has 1 heterocycles. The lowest BCUT2D eigenvalue weighted by molar-refractivity contribution is -0.143. The van der Waals surface area contributed by atoms with Crippen LogP contribution < -0.4 is 27.8 Å². The summed E-state index contributed by atoms with van der Waals surface area (Å²) in [5.41, 5.74) is 16.6. The molecule has 0 bridgehead atoms. The Hall–Kier alpha value is -2.54. The summed E-state index contributed by atoms with van der Waals surface area (Å²) < 4.78 is 0. The van der Waals surface area contributed by atoms with Gasteiger partial charge in [0.15, 0.2) is 5.96 Å². The number of hydrogen-bond donors (Lipinski definition) is 6. The van der Waals surface area contributed by atoms with Crippen LogP contribution in [0.5, 0.6) is 0 Å². The number of hydrogen-bond acceptors (Lipinski definition) is 7. The van der Waals surface area contributed by atoms with Gasteiger partial charge in [-0.15, -0.1) is 0 Å². The van der Waals surface area contributed by atoms with E-state index in [9.17, 15) is 24.3 Å². The van der Waals surface area contributed by atoms with Crippen LogP contribution in [0.25, 0.3) is 0 Å². The number of amides is 3. The van der Waals surface area contributed by atoms with Gasteiger partial charge in [0.1, 0.15) is 18.1 Å². The number of carboxylic acid groups (broad SMARTS) is 1. The number of thioether (sulfide) groups is 1. The average Bonchev–Trinajstić information content (AvgIpc) is 3.31. The van der Waals surface area contributed by atoms with Crippen LogP contribution in [-0.2, 0) is 19.2 Å². The predicted octanol–water partition coefficient (Wildman–Crippen LogP) is -0.788. The third kappa shape index (κ3) is 9.92. The molecule has 13 heteroatoms. The first kappa shape index (κ1) is 30.5. The van der Waals surface area contributed by atoms with Crippen molar-refractivity contribution >= 4 is 41.4 Å². The maximum atomic E-state index is 13.1. The third-order valence-corrected chi connectivity index (χ3v) is 6.79. The normalized spacial score (nSPS) is 18.7. The molecule has 200 valence electrons. The molecule has 1 aliphatic heterocycles. The molecule has 35 heavy (non-hydrogen) atoms. The fourth-order valence-electron chi connectivity index (χ4n) is 3.86. The smallest absolute Gasteiger partial charge is 0.326 e. The van der Waals surface area contributed by atoms with E-state index in [1.165, 1.54) is 4.90 Å². The van der Waals surface area contributed by atoms with Gasteiger partial charge in [0.05, 0.1) is 6.04 Å². The van der Waals surface area contributed by atoms with Crippen molar-refractivity contribution in [1.82, 2.24) is 15.5 Å². The zero-order chi connectivity index (χ0) is 26.5. The van der Waals surface area contributed by atoms with E-state index in [0.717, 1.165) is 5.75 Å². The van der Waals surface area contributed by atoms with Crippen molar-refractivity contribution in [3.63, 3.8) is 0 Å². The molecule has 1 aliphatic rings. The molecular formula is C22H41N7O5S. The van der Waals surface area contributed by atoms with E-state index in [1.54, 1.807) is 18.7 Å². The molecule has 3 amide bonds. The number of carbonyl (C=O) groups is 4. The summed E-state index contributed by atoms with van der Waals surface area (Å²) in [6, 6.07) is -3.49. The molecule has 0 aliphatic carbocycles. The molecule has 0 radical (unpaired) electrons. The molecule has 1 fully saturated rings. The Kier molecular flexibility index (Phi) is 13.5. The fraction of sp³-hybridized carbons (Fsp3) is 0.773.